The van der Waals surface area contributed by atoms with Gasteiger partial charge in [-0.2, -0.15) is 0 Å². The number of benzene rings is 1. The Morgan fingerprint density at radius 3 is 2.37 bits per heavy atom. The number of para-hydroxylation sites is 1. The van der Waals surface area contributed by atoms with Crippen molar-refractivity contribution in [3.8, 4) is 5.69 Å². The highest BCUT2D eigenvalue weighted by atomic mass is 16.6. The van der Waals surface area contributed by atoms with Gasteiger partial charge in [-0.15, -0.1) is 0 Å². The third kappa shape index (κ3) is 5.22. The summed E-state index contributed by atoms with van der Waals surface area (Å²) in [6.45, 7) is 7.15. The number of anilines is 1. The summed E-state index contributed by atoms with van der Waals surface area (Å²) in [5.41, 5.74) is 0.659. The molecule has 2 aromatic rings. The van der Waals surface area contributed by atoms with Crippen molar-refractivity contribution in [3.05, 3.63) is 46.4 Å². The van der Waals surface area contributed by atoms with E-state index < -0.39 is 11.7 Å². The smallest absolute Gasteiger partial charge is 0.407 e. The van der Waals surface area contributed by atoms with Crippen molar-refractivity contribution in [2.75, 3.05) is 11.9 Å². The molecule has 1 aromatic heterocycles. The molecule has 0 aliphatic rings. The first-order valence-corrected chi connectivity index (χ1v) is 8.71. The van der Waals surface area contributed by atoms with Gasteiger partial charge in [0.2, 0.25) is 5.91 Å². The molecule has 0 aliphatic heterocycles. The molecule has 1 heterocycles. The maximum atomic E-state index is 12.7. The summed E-state index contributed by atoms with van der Waals surface area (Å²) in [7, 11) is 1.75. The number of carbonyl (C=O) groups excluding carboxylic acids is 2. The van der Waals surface area contributed by atoms with Crippen molar-refractivity contribution in [2.24, 2.45) is 7.05 Å². The van der Waals surface area contributed by atoms with E-state index in [4.69, 9.17) is 4.74 Å². The van der Waals surface area contributed by atoms with Gasteiger partial charge in [-0.05, 0) is 39.8 Å². The summed E-state index contributed by atoms with van der Waals surface area (Å²) in [6.07, 6.45) is -0.559. The van der Waals surface area contributed by atoms with Crippen LogP contribution in [0.1, 0.15) is 32.9 Å². The number of rotatable bonds is 5. The second-order valence-electron chi connectivity index (χ2n) is 7.16. The fraction of sp³-hybridized carbons (Fsp3) is 0.421. The van der Waals surface area contributed by atoms with Crippen LogP contribution in [0.4, 0.5) is 10.5 Å². The van der Waals surface area contributed by atoms with Crippen LogP contribution in [0.5, 0.6) is 0 Å². The molecule has 8 heteroatoms. The lowest BCUT2D eigenvalue weighted by Crippen LogP contribution is -2.34. The molecule has 2 N–H and O–H groups in total. The summed E-state index contributed by atoms with van der Waals surface area (Å²) >= 11 is 0. The number of hydrogen-bond donors (Lipinski definition) is 2. The molecule has 0 saturated carbocycles. The Morgan fingerprint density at radius 2 is 1.78 bits per heavy atom. The van der Waals surface area contributed by atoms with E-state index in [0.29, 0.717) is 11.4 Å². The monoisotopic (exact) mass is 374 g/mol. The lowest BCUT2D eigenvalue weighted by molar-refractivity contribution is -0.116. The van der Waals surface area contributed by atoms with Crippen LogP contribution in [0.25, 0.3) is 5.69 Å². The molecular weight excluding hydrogens is 348 g/mol. The van der Waals surface area contributed by atoms with Gasteiger partial charge in [0.25, 0.3) is 5.56 Å². The Kier molecular flexibility index (Phi) is 6.09. The van der Waals surface area contributed by atoms with Gasteiger partial charge in [0.1, 0.15) is 11.3 Å². The first kappa shape index (κ1) is 20.3. The molecule has 0 spiro atoms. The van der Waals surface area contributed by atoms with E-state index >= 15 is 0 Å². The van der Waals surface area contributed by atoms with Gasteiger partial charge in [0.15, 0.2) is 0 Å². The summed E-state index contributed by atoms with van der Waals surface area (Å²) < 4.78 is 8.28. The van der Waals surface area contributed by atoms with Crippen LogP contribution in [-0.2, 0) is 16.6 Å². The quantitative estimate of drug-likeness (QED) is 0.840. The van der Waals surface area contributed by atoms with Crippen LogP contribution < -0.4 is 16.2 Å². The predicted octanol–water partition coefficient (Wildman–Crippen LogP) is 2.34. The van der Waals surface area contributed by atoms with Crippen LogP contribution in [0, 0.1) is 6.92 Å². The molecule has 0 bridgehead atoms. The molecule has 146 valence electrons. The topological polar surface area (TPSA) is 94.4 Å². The van der Waals surface area contributed by atoms with Gasteiger partial charge >= 0.3 is 6.09 Å². The number of ether oxygens (including phenoxy) is 1. The molecule has 0 aliphatic carbocycles. The molecule has 1 aromatic carbocycles. The maximum absolute atomic E-state index is 12.7. The summed E-state index contributed by atoms with van der Waals surface area (Å²) in [6, 6.07) is 9.18. The van der Waals surface area contributed by atoms with Crippen molar-refractivity contribution >= 4 is 17.7 Å². The highest BCUT2D eigenvalue weighted by Crippen LogP contribution is 2.14. The van der Waals surface area contributed by atoms with Crippen LogP contribution >= 0.6 is 0 Å². The first-order valence-electron chi connectivity index (χ1n) is 8.71. The predicted molar refractivity (Wildman–Crippen MR) is 103 cm³/mol. The molecule has 0 atom stereocenters. The Labute approximate surface area is 158 Å². The zero-order valence-corrected chi connectivity index (χ0v) is 16.3. The van der Waals surface area contributed by atoms with Gasteiger partial charge < -0.3 is 15.4 Å². The third-order valence-corrected chi connectivity index (χ3v) is 3.84. The van der Waals surface area contributed by atoms with Crippen LogP contribution in [0.2, 0.25) is 0 Å². The van der Waals surface area contributed by atoms with E-state index in [-0.39, 0.29) is 30.1 Å². The lowest BCUT2D eigenvalue weighted by atomic mass is 10.2. The highest BCUT2D eigenvalue weighted by molar-refractivity contribution is 5.91. The largest absolute Gasteiger partial charge is 0.444 e. The van der Waals surface area contributed by atoms with Gasteiger partial charge in [-0.1, -0.05) is 18.2 Å². The number of alkyl carbamates (subject to hydrolysis) is 1. The molecule has 0 radical (unpaired) electrons. The maximum Gasteiger partial charge on any atom is 0.407 e. The standard InChI is InChI=1S/C19H26N4O4/c1-13-16(17(25)23(22(13)5)14-9-7-6-8-10-14)21-15(24)11-12-20-18(26)27-19(2,3)4/h6-10H,11-12H2,1-5H3,(H,20,26)(H,21,24). The number of nitrogens with one attached hydrogen (secondary N) is 2. The highest BCUT2D eigenvalue weighted by Gasteiger charge is 2.19. The van der Waals surface area contributed by atoms with E-state index in [2.05, 4.69) is 10.6 Å². The zero-order chi connectivity index (χ0) is 20.2. The van der Waals surface area contributed by atoms with E-state index in [0.717, 1.165) is 0 Å². The van der Waals surface area contributed by atoms with Crippen LogP contribution in [0.3, 0.4) is 0 Å². The number of nitrogens with zero attached hydrogens (tertiary/aromatic N) is 2. The molecule has 2 rings (SSSR count). The Hall–Kier alpha value is -3.03. The third-order valence-electron chi connectivity index (χ3n) is 3.84. The van der Waals surface area contributed by atoms with Crippen molar-refractivity contribution in [1.29, 1.82) is 0 Å². The fourth-order valence-corrected chi connectivity index (χ4v) is 2.51. The first-order chi connectivity index (χ1) is 12.6. The SMILES string of the molecule is Cc1c(NC(=O)CCNC(=O)OC(C)(C)C)c(=O)n(-c2ccccc2)n1C. The Morgan fingerprint density at radius 1 is 1.15 bits per heavy atom. The zero-order valence-electron chi connectivity index (χ0n) is 16.3. The molecule has 2 amide bonds. The van der Waals surface area contributed by atoms with Crippen LogP contribution in [0.15, 0.2) is 35.1 Å². The van der Waals surface area contributed by atoms with Gasteiger partial charge in [-0.25, -0.2) is 9.48 Å². The average Bonchev–Trinajstić information content (AvgIpc) is 2.77. The molecule has 0 saturated heterocycles. The van der Waals surface area contributed by atoms with E-state index in [1.165, 1.54) is 4.68 Å². The minimum Gasteiger partial charge on any atom is -0.444 e. The summed E-state index contributed by atoms with van der Waals surface area (Å²) in [5, 5.41) is 5.16. The van der Waals surface area contributed by atoms with Gasteiger partial charge in [0.05, 0.1) is 11.4 Å². The molecular formula is C19H26N4O4. The summed E-state index contributed by atoms with van der Waals surface area (Å²) in [4.78, 5) is 36.5. The molecule has 0 unspecified atom stereocenters. The normalized spacial score (nSPS) is 11.1. The van der Waals surface area contributed by atoms with Crippen molar-refractivity contribution in [2.45, 2.75) is 39.7 Å². The fourth-order valence-electron chi connectivity index (χ4n) is 2.51. The molecule has 8 nitrogen and oxygen atoms in total. The Balaban J connectivity index is 2.03. The molecule has 27 heavy (non-hydrogen) atoms. The minimum atomic E-state index is -0.601. The van der Waals surface area contributed by atoms with Crippen molar-refractivity contribution in [3.63, 3.8) is 0 Å². The number of aromatic nitrogens is 2. The van der Waals surface area contributed by atoms with Gasteiger partial charge in [-0.3, -0.25) is 14.3 Å². The number of carbonyl (C=O) groups is 2. The average molecular weight is 374 g/mol. The second-order valence-corrected chi connectivity index (χ2v) is 7.16. The lowest BCUT2D eigenvalue weighted by Gasteiger charge is -2.19. The van der Waals surface area contributed by atoms with Crippen LogP contribution in [-0.4, -0.2) is 33.5 Å². The number of hydrogen-bond acceptors (Lipinski definition) is 4. The van der Waals surface area contributed by atoms with Crippen molar-refractivity contribution < 1.29 is 14.3 Å². The number of amides is 2. The molecule has 0 fully saturated rings. The van der Waals surface area contributed by atoms with E-state index in [9.17, 15) is 14.4 Å². The van der Waals surface area contributed by atoms with Crippen molar-refractivity contribution in [1.82, 2.24) is 14.7 Å². The van der Waals surface area contributed by atoms with E-state index in [1.54, 1.807) is 39.4 Å². The van der Waals surface area contributed by atoms with E-state index in [1.807, 2.05) is 30.3 Å². The van der Waals surface area contributed by atoms with Gasteiger partial charge in [0, 0.05) is 20.0 Å². The second kappa shape index (κ2) is 8.11. The summed E-state index contributed by atoms with van der Waals surface area (Å²) in [5.74, 6) is -0.364. The minimum absolute atomic E-state index is 0.0261. The Bertz CT molecular complexity index is 876.